The Morgan fingerprint density at radius 1 is 1.03 bits per heavy atom. The van der Waals surface area contributed by atoms with Crippen LogP contribution in [-0.4, -0.2) is 35.8 Å². The number of sulfonamides is 1. The van der Waals surface area contributed by atoms with Gasteiger partial charge < -0.3 is 5.32 Å². The van der Waals surface area contributed by atoms with Crippen LogP contribution in [0.4, 0.5) is 11.4 Å². The van der Waals surface area contributed by atoms with Gasteiger partial charge in [0.2, 0.25) is 15.9 Å². The smallest absolute Gasteiger partial charge is 0.324 e. The van der Waals surface area contributed by atoms with Crippen LogP contribution in [0.1, 0.15) is 12.5 Å². The Bertz CT molecular complexity index is 1240. The Morgan fingerprint density at radius 2 is 1.62 bits per heavy atom. The molecule has 2 aromatic carbocycles. The van der Waals surface area contributed by atoms with E-state index in [-0.39, 0.29) is 5.69 Å². The van der Waals surface area contributed by atoms with E-state index in [2.05, 4.69) is 5.32 Å². The number of carbonyl (C=O) groups excluding carboxylic acids is 1. The van der Waals surface area contributed by atoms with Crippen molar-refractivity contribution in [2.75, 3.05) is 15.9 Å². The Morgan fingerprint density at radius 3 is 2.21 bits per heavy atom. The second-order valence-corrected chi connectivity index (χ2v) is 9.02. The van der Waals surface area contributed by atoms with Gasteiger partial charge in [0.05, 0.1) is 23.0 Å². The molecule has 0 bridgehead atoms. The number of nitrogens with one attached hydrogen (secondary N) is 1. The van der Waals surface area contributed by atoms with Gasteiger partial charge in [0.1, 0.15) is 6.04 Å². The number of hydrogen-bond acceptors (Lipinski definition) is 4. The third-order valence-corrected chi connectivity index (χ3v) is 6.16. The summed E-state index contributed by atoms with van der Waals surface area (Å²) in [4.78, 5) is 24.9. The number of benzene rings is 2. The first-order valence-corrected chi connectivity index (χ1v) is 10.9. The first-order chi connectivity index (χ1) is 13.5. The molecule has 1 amide bonds. The predicted octanol–water partition coefficient (Wildman–Crippen LogP) is 1.98. The minimum atomic E-state index is -3.69. The van der Waals surface area contributed by atoms with Crippen molar-refractivity contribution in [1.29, 1.82) is 0 Å². The van der Waals surface area contributed by atoms with Crippen molar-refractivity contribution in [2.24, 2.45) is 14.1 Å². The van der Waals surface area contributed by atoms with Gasteiger partial charge in [-0.15, -0.1) is 0 Å². The summed E-state index contributed by atoms with van der Waals surface area (Å²) in [7, 11) is -0.356. The normalized spacial score (nSPS) is 12.7. The Balaban J connectivity index is 1.92. The van der Waals surface area contributed by atoms with Crippen molar-refractivity contribution in [3.8, 4) is 0 Å². The van der Waals surface area contributed by atoms with Crippen LogP contribution < -0.4 is 15.3 Å². The molecule has 0 radical (unpaired) electrons. The number of aromatic nitrogens is 2. The zero-order valence-corrected chi connectivity index (χ0v) is 17.8. The Labute approximate surface area is 169 Å². The molecule has 1 atom stereocenters. The molecule has 0 aliphatic rings. The SMILES string of the molecule is Cc1ccc(N([C@H](C)C(=O)Nc2ccc3c(c2)n(C)c(=O)n3C)S(C)(=O)=O)cc1. The van der Waals surface area contributed by atoms with Crippen LogP contribution in [0.15, 0.2) is 47.3 Å². The van der Waals surface area contributed by atoms with Crippen molar-refractivity contribution in [2.45, 2.75) is 19.9 Å². The van der Waals surface area contributed by atoms with Crippen LogP contribution in [0.3, 0.4) is 0 Å². The molecule has 0 saturated carbocycles. The average molecular weight is 417 g/mol. The molecule has 0 spiro atoms. The molecule has 0 unspecified atom stereocenters. The van der Waals surface area contributed by atoms with E-state index < -0.39 is 22.0 Å². The van der Waals surface area contributed by atoms with Gasteiger partial charge in [0.15, 0.2) is 0 Å². The van der Waals surface area contributed by atoms with Gasteiger partial charge in [0.25, 0.3) is 0 Å². The number of hydrogen-bond donors (Lipinski definition) is 1. The lowest BCUT2D eigenvalue weighted by Crippen LogP contribution is -2.45. The maximum atomic E-state index is 12.8. The summed E-state index contributed by atoms with van der Waals surface area (Å²) in [6, 6.07) is 11.1. The first kappa shape index (κ1) is 20.7. The fraction of sp³-hybridized carbons (Fsp3) is 0.300. The molecule has 1 N–H and O–H groups in total. The largest absolute Gasteiger partial charge is 0.328 e. The molecule has 0 fully saturated rings. The molecule has 3 aromatic rings. The van der Waals surface area contributed by atoms with Crippen molar-refractivity contribution >= 4 is 38.3 Å². The fourth-order valence-corrected chi connectivity index (χ4v) is 4.51. The molecule has 0 aliphatic heterocycles. The minimum Gasteiger partial charge on any atom is -0.324 e. The summed E-state index contributed by atoms with van der Waals surface area (Å²) in [5.74, 6) is -0.476. The van der Waals surface area contributed by atoms with Gasteiger partial charge in [-0.25, -0.2) is 13.2 Å². The number of rotatable bonds is 5. The summed E-state index contributed by atoms with van der Waals surface area (Å²) in [5.41, 5.74) is 3.12. The maximum Gasteiger partial charge on any atom is 0.328 e. The summed E-state index contributed by atoms with van der Waals surface area (Å²) in [6.07, 6.45) is 1.07. The van der Waals surface area contributed by atoms with Crippen LogP contribution >= 0.6 is 0 Å². The Hall–Kier alpha value is -3.07. The third-order valence-electron chi connectivity index (χ3n) is 4.92. The van der Waals surface area contributed by atoms with Gasteiger partial charge in [0, 0.05) is 19.8 Å². The number of aryl methyl sites for hydroxylation is 3. The van der Waals surface area contributed by atoms with E-state index >= 15 is 0 Å². The maximum absolute atomic E-state index is 12.8. The van der Waals surface area contributed by atoms with Gasteiger partial charge in [-0.05, 0) is 44.2 Å². The summed E-state index contributed by atoms with van der Waals surface area (Å²) >= 11 is 0. The topological polar surface area (TPSA) is 93.4 Å². The Kier molecular flexibility index (Phi) is 5.27. The molecule has 3 rings (SSSR count). The van der Waals surface area contributed by atoms with Crippen molar-refractivity contribution in [3.05, 3.63) is 58.5 Å². The highest BCUT2D eigenvalue weighted by atomic mass is 32.2. The predicted molar refractivity (Wildman–Crippen MR) is 115 cm³/mol. The lowest BCUT2D eigenvalue weighted by Gasteiger charge is -2.28. The fourth-order valence-electron chi connectivity index (χ4n) is 3.33. The number of carbonyl (C=O) groups is 1. The lowest BCUT2D eigenvalue weighted by molar-refractivity contribution is -0.116. The van der Waals surface area contributed by atoms with Crippen LogP contribution in [-0.2, 0) is 28.9 Å². The second-order valence-electron chi connectivity index (χ2n) is 7.16. The standard InChI is InChI=1S/C20H24N4O4S/c1-13-6-9-16(10-7-13)24(29(5,27)28)14(2)19(25)21-15-8-11-17-18(12-15)23(4)20(26)22(17)3/h6-12,14H,1-5H3,(H,21,25)/t14-/m1/s1. The van der Waals surface area contributed by atoms with E-state index in [9.17, 15) is 18.0 Å². The van der Waals surface area contributed by atoms with Crippen LogP contribution in [0.2, 0.25) is 0 Å². The number of imidazole rings is 1. The summed E-state index contributed by atoms with van der Waals surface area (Å²) in [6.45, 7) is 3.44. The monoisotopic (exact) mass is 416 g/mol. The quantitative estimate of drug-likeness (QED) is 0.688. The van der Waals surface area contributed by atoms with E-state index in [4.69, 9.17) is 0 Å². The van der Waals surface area contributed by atoms with Crippen LogP contribution in [0.25, 0.3) is 11.0 Å². The summed E-state index contributed by atoms with van der Waals surface area (Å²) in [5, 5.41) is 2.75. The number of fused-ring (bicyclic) bond motifs is 1. The zero-order chi connectivity index (χ0) is 21.5. The van der Waals surface area contributed by atoms with E-state index in [0.29, 0.717) is 16.9 Å². The van der Waals surface area contributed by atoms with Crippen LogP contribution in [0, 0.1) is 6.92 Å². The van der Waals surface area contributed by atoms with Crippen molar-refractivity contribution < 1.29 is 13.2 Å². The third kappa shape index (κ3) is 3.91. The van der Waals surface area contributed by atoms with Gasteiger partial charge in [-0.3, -0.25) is 18.2 Å². The second kappa shape index (κ2) is 7.40. The highest BCUT2D eigenvalue weighted by Crippen LogP contribution is 2.23. The average Bonchev–Trinajstić information content (AvgIpc) is 2.86. The molecule has 154 valence electrons. The van der Waals surface area contributed by atoms with Crippen molar-refractivity contribution in [1.82, 2.24) is 9.13 Å². The van der Waals surface area contributed by atoms with Crippen molar-refractivity contribution in [3.63, 3.8) is 0 Å². The van der Waals surface area contributed by atoms with E-state index in [1.807, 2.05) is 6.92 Å². The van der Waals surface area contributed by atoms with E-state index in [1.54, 1.807) is 56.6 Å². The molecule has 0 saturated heterocycles. The van der Waals surface area contributed by atoms with E-state index in [0.717, 1.165) is 21.6 Å². The molecule has 1 aromatic heterocycles. The van der Waals surface area contributed by atoms with Gasteiger partial charge in [-0.2, -0.15) is 0 Å². The molecular formula is C20H24N4O4S. The summed E-state index contributed by atoms with van der Waals surface area (Å²) < 4.78 is 28.9. The molecule has 9 heteroatoms. The lowest BCUT2D eigenvalue weighted by atomic mass is 10.2. The molecule has 1 heterocycles. The van der Waals surface area contributed by atoms with Gasteiger partial charge >= 0.3 is 5.69 Å². The first-order valence-electron chi connectivity index (χ1n) is 9.03. The van der Waals surface area contributed by atoms with E-state index in [1.165, 1.54) is 16.1 Å². The number of anilines is 2. The molecular weight excluding hydrogens is 392 g/mol. The molecule has 29 heavy (non-hydrogen) atoms. The van der Waals surface area contributed by atoms with Gasteiger partial charge in [-0.1, -0.05) is 17.7 Å². The highest BCUT2D eigenvalue weighted by molar-refractivity contribution is 7.92. The minimum absolute atomic E-state index is 0.167. The number of nitrogens with zero attached hydrogens (tertiary/aromatic N) is 3. The molecule has 0 aliphatic carbocycles. The molecule has 8 nitrogen and oxygen atoms in total. The van der Waals surface area contributed by atoms with Crippen LogP contribution in [0.5, 0.6) is 0 Å². The number of amides is 1. The highest BCUT2D eigenvalue weighted by Gasteiger charge is 2.29. The zero-order valence-electron chi connectivity index (χ0n) is 17.0.